The fourth-order valence-electron chi connectivity index (χ4n) is 3.16. The van der Waals surface area contributed by atoms with Crippen LogP contribution in [-0.2, 0) is 4.79 Å². The van der Waals surface area contributed by atoms with E-state index in [1.54, 1.807) is 0 Å². The molecule has 1 unspecified atom stereocenters. The summed E-state index contributed by atoms with van der Waals surface area (Å²) in [5.41, 5.74) is -0.477. The number of carbonyl (C=O) groups excluding carboxylic acids is 1. The van der Waals surface area contributed by atoms with Crippen LogP contribution in [0.2, 0.25) is 0 Å². The van der Waals surface area contributed by atoms with Gasteiger partial charge in [0.25, 0.3) is 0 Å². The largest absolute Gasteiger partial charge is 0.389 e. The van der Waals surface area contributed by atoms with Crippen LogP contribution in [0, 0.1) is 0 Å². The third kappa shape index (κ3) is 2.83. The van der Waals surface area contributed by atoms with Crippen molar-refractivity contribution in [3.63, 3.8) is 0 Å². The number of Topliss-reactive ketones (excluding diaryl/α,β-unsaturated/α-hetero) is 1. The number of aliphatic hydroxyl groups is 1. The fraction of sp³-hybridized carbons (Fsp3) is 0.923. The number of hydrogen-bond donors (Lipinski definition) is 1. The number of hydrogen-bond acceptors (Lipinski definition) is 3. The summed E-state index contributed by atoms with van der Waals surface area (Å²) in [6.07, 6.45) is 7.73. The molecule has 0 bridgehead atoms. The van der Waals surface area contributed by atoms with Crippen molar-refractivity contribution in [1.82, 2.24) is 4.90 Å². The van der Waals surface area contributed by atoms with Crippen molar-refractivity contribution in [3.8, 4) is 0 Å². The van der Waals surface area contributed by atoms with E-state index in [1.807, 2.05) is 0 Å². The topological polar surface area (TPSA) is 40.5 Å². The normalized spacial score (nSPS) is 29.9. The Kier molecular flexibility index (Phi) is 3.65. The van der Waals surface area contributed by atoms with Gasteiger partial charge in [-0.25, -0.2) is 0 Å². The van der Waals surface area contributed by atoms with Crippen molar-refractivity contribution in [1.29, 1.82) is 0 Å². The van der Waals surface area contributed by atoms with Crippen LogP contribution in [-0.4, -0.2) is 41.0 Å². The Morgan fingerprint density at radius 2 is 2.06 bits per heavy atom. The highest BCUT2D eigenvalue weighted by Gasteiger charge is 2.34. The van der Waals surface area contributed by atoms with Crippen molar-refractivity contribution in [2.45, 2.75) is 63.0 Å². The van der Waals surface area contributed by atoms with Crippen molar-refractivity contribution in [3.05, 3.63) is 0 Å². The lowest BCUT2D eigenvalue weighted by atomic mass is 9.92. The first-order valence-electron chi connectivity index (χ1n) is 6.53. The smallest absolute Gasteiger partial charge is 0.134 e. The third-order valence-electron chi connectivity index (χ3n) is 4.16. The molecule has 3 heteroatoms. The predicted molar refractivity (Wildman–Crippen MR) is 63.3 cm³/mol. The van der Waals surface area contributed by atoms with Gasteiger partial charge in [-0.15, -0.1) is 0 Å². The molecule has 16 heavy (non-hydrogen) atoms. The highest BCUT2D eigenvalue weighted by atomic mass is 16.3. The van der Waals surface area contributed by atoms with Crippen LogP contribution in [0.3, 0.4) is 0 Å². The van der Waals surface area contributed by atoms with Crippen molar-refractivity contribution in [2.75, 3.05) is 13.6 Å². The van der Waals surface area contributed by atoms with Gasteiger partial charge in [0.1, 0.15) is 5.78 Å². The van der Waals surface area contributed by atoms with Crippen LogP contribution in [0.1, 0.15) is 51.4 Å². The Balaban J connectivity index is 1.86. The minimum Gasteiger partial charge on any atom is -0.389 e. The minimum absolute atomic E-state index is 0.367. The van der Waals surface area contributed by atoms with Crippen molar-refractivity contribution in [2.24, 2.45) is 0 Å². The number of nitrogens with zero attached hydrogens (tertiary/aromatic N) is 1. The first-order valence-corrected chi connectivity index (χ1v) is 6.53. The maximum Gasteiger partial charge on any atom is 0.134 e. The van der Waals surface area contributed by atoms with Crippen LogP contribution in [0.25, 0.3) is 0 Å². The molecule has 0 radical (unpaired) electrons. The molecule has 2 aliphatic rings. The van der Waals surface area contributed by atoms with Gasteiger partial charge in [0.15, 0.2) is 0 Å². The second kappa shape index (κ2) is 4.84. The number of likely N-dealkylation sites (N-methyl/N-ethyl adjacent to an activating group) is 1. The Hall–Kier alpha value is -0.410. The van der Waals surface area contributed by atoms with Gasteiger partial charge in [-0.3, -0.25) is 4.79 Å². The van der Waals surface area contributed by atoms with Gasteiger partial charge in [0.2, 0.25) is 0 Å². The summed E-state index contributed by atoms with van der Waals surface area (Å²) in [5.74, 6) is 0.390. The molecule has 0 aromatic heterocycles. The van der Waals surface area contributed by atoms with E-state index in [4.69, 9.17) is 0 Å². The molecular weight excluding hydrogens is 202 g/mol. The molecule has 2 fully saturated rings. The average Bonchev–Trinajstić information content (AvgIpc) is 2.65. The summed E-state index contributed by atoms with van der Waals surface area (Å²) in [7, 11) is 2.06. The fourth-order valence-corrected chi connectivity index (χ4v) is 3.16. The molecule has 2 aliphatic carbocycles. The van der Waals surface area contributed by atoms with Gasteiger partial charge in [-0.05, 0) is 32.7 Å². The monoisotopic (exact) mass is 225 g/mol. The molecule has 0 aromatic carbocycles. The summed E-state index contributed by atoms with van der Waals surface area (Å²) >= 11 is 0. The molecule has 2 saturated carbocycles. The summed E-state index contributed by atoms with van der Waals surface area (Å²) in [5, 5.41) is 10.3. The maximum atomic E-state index is 11.4. The molecule has 0 aliphatic heterocycles. The van der Waals surface area contributed by atoms with Crippen LogP contribution in [0.5, 0.6) is 0 Å². The highest BCUT2D eigenvalue weighted by molar-refractivity contribution is 5.79. The summed E-state index contributed by atoms with van der Waals surface area (Å²) in [6.45, 7) is 0.741. The lowest BCUT2D eigenvalue weighted by Gasteiger charge is -2.35. The average molecular weight is 225 g/mol. The Morgan fingerprint density at radius 3 is 2.69 bits per heavy atom. The molecule has 1 atom stereocenters. The quantitative estimate of drug-likeness (QED) is 0.795. The zero-order valence-electron chi connectivity index (χ0n) is 10.2. The number of carbonyl (C=O) groups is 1. The Bertz CT molecular complexity index is 259. The van der Waals surface area contributed by atoms with Crippen LogP contribution >= 0.6 is 0 Å². The van der Waals surface area contributed by atoms with Crippen molar-refractivity contribution >= 4 is 5.78 Å². The first-order chi connectivity index (χ1) is 7.59. The van der Waals surface area contributed by atoms with E-state index in [0.29, 0.717) is 18.2 Å². The minimum atomic E-state index is -0.477. The van der Waals surface area contributed by atoms with Crippen LogP contribution in [0.4, 0.5) is 0 Å². The molecule has 0 saturated heterocycles. The second-order valence-electron chi connectivity index (χ2n) is 5.64. The molecular formula is C13H23NO2. The summed E-state index contributed by atoms with van der Waals surface area (Å²) in [4.78, 5) is 13.6. The summed E-state index contributed by atoms with van der Waals surface area (Å²) in [6, 6.07) is 0.367. The van der Waals surface area contributed by atoms with E-state index in [9.17, 15) is 9.90 Å². The Labute approximate surface area is 97.8 Å². The Morgan fingerprint density at radius 1 is 1.38 bits per heavy atom. The maximum absolute atomic E-state index is 11.4. The van der Waals surface area contributed by atoms with Gasteiger partial charge in [0, 0.05) is 25.4 Å². The molecule has 3 nitrogen and oxygen atoms in total. The zero-order chi connectivity index (χ0) is 11.6. The lowest BCUT2D eigenvalue weighted by molar-refractivity contribution is -0.122. The van der Waals surface area contributed by atoms with E-state index in [2.05, 4.69) is 11.9 Å². The van der Waals surface area contributed by atoms with E-state index in [1.165, 1.54) is 0 Å². The SMILES string of the molecule is CN(CC1(O)CCCC1)C1CCCC(=O)C1. The molecule has 0 heterocycles. The molecule has 1 N–H and O–H groups in total. The van der Waals surface area contributed by atoms with Gasteiger partial charge >= 0.3 is 0 Å². The van der Waals surface area contributed by atoms with Gasteiger partial charge in [-0.2, -0.15) is 0 Å². The lowest BCUT2D eigenvalue weighted by Crippen LogP contribution is -2.45. The molecule has 0 spiro atoms. The molecule has 0 aromatic rings. The van der Waals surface area contributed by atoms with Gasteiger partial charge in [0.05, 0.1) is 5.60 Å². The molecule has 0 amide bonds. The van der Waals surface area contributed by atoms with Crippen LogP contribution in [0.15, 0.2) is 0 Å². The predicted octanol–water partition coefficient (Wildman–Crippen LogP) is 1.74. The van der Waals surface area contributed by atoms with Gasteiger partial charge < -0.3 is 10.0 Å². The first kappa shape index (κ1) is 12.1. The third-order valence-corrected chi connectivity index (χ3v) is 4.16. The van der Waals surface area contributed by atoms with E-state index in [-0.39, 0.29) is 0 Å². The standard InChI is InChI=1S/C13H23NO2/c1-14(10-13(16)7-2-3-8-13)11-5-4-6-12(15)9-11/h11,16H,2-10H2,1H3. The van der Waals surface area contributed by atoms with Crippen LogP contribution < -0.4 is 0 Å². The molecule has 92 valence electrons. The highest BCUT2D eigenvalue weighted by Crippen LogP contribution is 2.31. The van der Waals surface area contributed by atoms with E-state index in [0.717, 1.165) is 51.5 Å². The number of rotatable bonds is 3. The van der Waals surface area contributed by atoms with E-state index < -0.39 is 5.60 Å². The second-order valence-corrected chi connectivity index (χ2v) is 5.64. The van der Waals surface area contributed by atoms with Gasteiger partial charge in [-0.1, -0.05) is 12.8 Å². The van der Waals surface area contributed by atoms with E-state index >= 15 is 0 Å². The number of ketones is 1. The summed E-state index contributed by atoms with van der Waals surface area (Å²) < 4.78 is 0. The zero-order valence-corrected chi connectivity index (χ0v) is 10.2. The molecule has 2 rings (SSSR count). The van der Waals surface area contributed by atoms with Crippen molar-refractivity contribution < 1.29 is 9.90 Å².